The summed E-state index contributed by atoms with van der Waals surface area (Å²) in [6.45, 7) is -8.43. The molecule has 4 saturated heterocycles. The summed E-state index contributed by atoms with van der Waals surface area (Å²) >= 11 is 24.5. The fourth-order valence-electron chi connectivity index (χ4n) is 3.16. The van der Waals surface area contributed by atoms with Gasteiger partial charge in [-0.25, -0.2) is 0 Å². The molecular formula is C6H18N6P4S4. The maximum atomic E-state index is 6.13. The van der Waals surface area contributed by atoms with Crippen LogP contribution in [0.25, 0.3) is 0 Å². The van der Waals surface area contributed by atoms with Crippen LogP contribution in [-0.2, 0) is 47.2 Å². The van der Waals surface area contributed by atoms with Gasteiger partial charge in [0.05, 0.1) is 0 Å². The van der Waals surface area contributed by atoms with Crippen molar-refractivity contribution in [1.29, 1.82) is 0 Å². The molecule has 0 aromatic heterocycles. The summed E-state index contributed by atoms with van der Waals surface area (Å²) in [6, 6.07) is 0. The fraction of sp³-hybridized carbons (Fsp3) is 1.00. The summed E-state index contributed by atoms with van der Waals surface area (Å²) in [5.41, 5.74) is 0. The van der Waals surface area contributed by atoms with Crippen molar-refractivity contribution < 1.29 is 0 Å². The van der Waals surface area contributed by atoms with Crippen LogP contribution in [-0.4, -0.2) is 68.9 Å². The second-order valence-electron chi connectivity index (χ2n) is 4.99. The van der Waals surface area contributed by atoms with Crippen LogP contribution in [0.4, 0.5) is 0 Å². The molecule has 20 heavy (non-hydrogen) atoms. The summed E-state index contributed by atoms with van der Waals surface area (Å²) in [4.78, 5) is 0. The number of rotatable bonds is 0. The molecular weight excluding hydrogens is 408 g/mol. The second-order valence-corrected chi connectivity index (χ2v) is 24.1. The third kappa shape index (κ3) is 1.38. The SMILES string of the molecule is CN1P2(=S)N(C)P3(=S)N(C)P1(=S)N(C)P(=S)(N2C)N3C. The normalized spacial score (nSPS) is 55.9. The van der Waals surface area contributed by atoms with Crippen LogP contribution in [0.5, 0.6) is 0 Å². The topological polar surface area (TPSA) is 19.4 Å². The molecule has 4 aliphatic heterocycles. The summed E-state index contributed by atoms with van der Waals surface area (Å²) < 4.78 is 13.5. The monoisotopic (exact) mass is 426 g/mol. The van der Waals surface area contributed by atoms with E-state index in [1.54, 1.807) is 0 Å². The van der Waals surface area contributed by atoms with Crippen LogP contribution in [0.15, 0.2) is 0 Å². The van der Waals surface area contributed by atoms with Crippen molar-refractivity contribution >= 4 is 73.2 Å². The van der Waals surface area contributed by atoms with Gasteiger partial charge in [-0.15, -0.1) is 0 Å². The maximum absolute atomic E-state index is 6.13. The zero-order chi connectivity index (χ0) is 15.5. The first-order valence-electron chi connectivity index (χ1n) is 5.81. The zero-order valence-electron chi connectivity index (χ0n) is 12.1. The van der Waals surface area contributed by atoms with E-state index in [0.717, 1.165) is 0 Å². The van der Waals surface area contributed by atoms with Crippen molar-refractivity contribution in [3.8, 4) is 0 Å². The smallest absolute Gasteiger partial charge is 0.162 e. The molecule has 4 heterocycles. The van der Waals surface area contributed by atoms with Crippen molar-refractivity contribution in [3.05, 3.63) is 0 Å². The minimum Gasteiger partial charge on any atom is -0.200 e. The third-order valence-corrected chi connectivity index (χ3v) is 35.7. The predicted molar refractivity (Wildman–Crippen MR) is 104 cm³/mol. The lowest BCUT2D eigenvalue weighted by atomic mass is 11.5. The van der Waals surface area contributed by atoms with Crippen molar-refractivity contribution in [3.63, 3.8) is 0 Å². The van der Waals surface area contributed by atoms with E-state index in [0.29, 0.717) is 0 Å². The lowest BCUT2D eigenvalue weighted by Gasteiger charge is -2.75. The van der Waals surface area contributed by atoms with Crippen LogP contribution >= 0.6 is 26.0 Å². The van der Waals surface area contributed by atoms with Crippen molar-refractivity contribution in [2.45, 2.75) is 0 Å². The molecule has 116 valence electrons. The Labute approximate surface area is 141 Å². The molecule has 4 fully saturated rings. The Morgan fingerprint density at radius 3 is 0.600 bits per heavy atom. The van der Waals surface area contributed by atoms with Gasteiger partial charge in [0, 0.05) is 42.3 Å². The first-order valence-corrected chi connectivity index (χ1v) is 16.5. The molecule has 4 rings (SSSR count). The Balaban J connectivity index is 2.48. The predicted octanol–water partition coefficient (Wildman–Crippen LogP) is 2.52. The van der Waals surface area contributed by atoms with Gasteiger partial charge in [-0.05, 0) is 47.2 Å². The van der Waals surface area contributed by atoms with Crippen LogP contribution in [0.1, 0.15) is 0 Å². The minimum atomic E-state index is -2.11. The lowest BCUT2D eigenvalue weighted by Crippen LogP contribution is -2.58. The number of hydrogen-bond donors (Lipinski definition) is 0. The molecule has 0 N–H and O–H groups in total. The van der Waals surface area contributed by atoms with Gasteiger partial charge in [0.25, 0.3) is 0 Å². The van der Waals surface area contributed by atoms with E-state index in [-0.39, 0.29) is 0 Å². The Morgan fingerprint density at radius 1 is 0.400 bits per heavy atom. The Morgan fingerprint density at radius 2 is 0.500 bits per heavy atom. The van der Waals surface area contributed by atoms with E-state index in [1.807, 2.05) is 0 Å². The molecule has 0 aromatic rings. The Kier molecular flexibility index (Phi) is 3.87. The molecule has 0 aliphatic carbocycles. The zero-order valence-corrected chi connectivity index (χ0v) is 18.9. The van der Waals surface area contributed by atoms with Gasteiger partial charge in [0.2, 0.25) is 0 Å². The van der Waals surface area contributed by atoms with Gasteiger partial charge in [-0.3, -0.25) is 0 Å². The third-order valence-electron chi connectivity index (χ3n) is 4.52. The highest BCUT2D eigenvalue weighted by Crippen LogP contribution is 3.02. The summed E-state index contributed by atoms with van der Waals surface area (Å²) in [6.07, 6.45) is 0. The molecule has 0 aromatic carbocycles. The van der Waals surface area contributed by atoms with E-state index >= 15 is 0 Å². The highest BCUT2D eigenvalue weighted by molar-refractivity contribution is 8.37. The Bertz CT molecular complexity index is 499. The molecule has 0 radical (unpaired) electrons. The van der Waals surface area contributed by atoms with Gasteiger partial charge in [0.15, 0.2) is 26.0 Å². The molecule has 0 atom stereocenters. The molecule has 6 nitrogen and oxygen atoms in total. The quantitative estimate of drug-likeness (QED) is 0.536. The molecule has 0 amide bonds. The maximum Gasteiger partial charge on any atom is 0.162 e. The van der Waals surface area contributed by atoms with Gasteiger partial charge in [-0.1, -0.05) is 0 Å². The molecule has 4 aliphatic rings. The van der Waals surface area contributed by atoms with Gasteiger partial charge >= 0.3 is 0 Å². The largest absolute Gasteiger partial charge is 0.200 e. The van der Waals surface area contributed by atoms with Crippen LogP contribution < -0.4 is 0 Å². The molecule has 0 spiro atoms. The first-order chi connectivity index (χ1) is 8.93. The van der Waals surface area contributed by atoms with E-state index in [9.17, 15) is 0 Å². The van der Waals surface area contributed by atoms with Crippen LogP contribution in [0.2, 0.25) is 0 Å². The summed E-state index contributed by atoms with van der Waals surface area (Å²) in [5, 5.41) is 0. The molecule has 0 unspecified atom stereocenters. The minimum absolute atomic E-state index is 2.06. The van der Waals surface area contributed by atoms with E-state index in [1.165, 1.54) is 0 Å². The van der Waals surface area contributed by atoms with Crippen molar-refractivity contribution in [1.82, 2.24) is 26.6 Å². The van der Waals surface area contributed by atoms with Gasteiger partial charge in [0.1, 0.15) is 0 Å². The van der Waals surface area contributed by atoms with E-state index < -0.39 is 26.0 Å². The average molecular weight is 426 g/mol. The van der Waals surface area contributed by atoms with Crippen molar-refractivity contribution in [2.24, 2.45) is 0 Å². The summed E-state index contributed by atoms with van der Waals surface area (Å²) in [5.74, 6) is 0. The second kappa shape index (κ2) is 4.50. The number of hydrogen-bond acceptors (Lipinski definition) is 4. The fourth-order valence-corrected chi connectivity index (χ4v) is 39.3. The molecule has 14 heteroatoms. The number of nitrogens with zero attached hydrogens (tertiary/aromatic N) is 6. The van der Waals surface area contributed by atoms with Gasteiger partial charge < -0.3 is 0 Å². The first kappa shape index (κ1) is 17.2. The van der Waals surface area contributed by atoms with Crippen LogP contribution in [0, 0.1) is 0 Å². The lowest BCUT2D eigenvalue weighted by molar-refractivity contribution is 0.464. The molecule has 0 saturated carbocycles. The highest BCUT2D eigenvalue weighted by Gasteiger charge is 2.72. The average Bonchev–Trinajstić information content (AvgIpc) is 2.43. The van der Waals surface area contributed by atoms with Crippen LogP contribution in [0.3, 0.4) is 0 Å². The highest BCUT2D eigenvalue weighted by atomic mass is 32.5. The van der Waals surface area contributed by atoms with Gasteiger partial charge in [-0.2, -0.15) is 26.6 Å². The van der Waals surface area contributed by atoms with E-state index in [4.69, 9.17) is 47.2 Å². The Hall–Kier alpha value is 2.36. The van der Waals surface area contributed by atoms with Crippen molar-refractivity contribution in [2.75, 3.05) is 42.3 Å². The van der Waals surface area contributed by atoms with E-state index in [2.05, 4.69) is 68.9 Å². The summed E-state index contributed by atoms with van der Waals surface area (Å²) in [7, 11) is 12.4. The molecule has 4 bridgehead atoms. The standard InChI is InChI=1S/C6H18N6P4S4/c1-7-13(17)8(2)15(19)10(4)14(7,18)11(5)16(20,9(13)3)12(15)6/h1-6H3.